The molecule has 2 unspecified atom stereocenters. The predicted octanol–water partition coefficient (Wildman–Crippen LogP) is 2.47. The van der Waals surface area contributed by atoms with Crippen LogP contribution in [-0.2, 0) is 4.79 Å². The van der Waals surface area contributed by atoms with Crippen LogP contribution in [0.4, 0.5) is 0 Å². The molecule has 0 radical (unpaired) electrons. The molecule has 0 aromatic carbocycles. The number of hydrogen-bond acceptors (Lipinski definition) is 2. The summed E-state index contributed by atoms with van der Waals surface area (Å²) in [5.41, 5.74) is 3.98. The monoisotopic (exact) mass is 220 g/mol. The fraction of sp³-hybridized carbons (Fsp3) is 0.846. The van der Waals surface area contributed by atoms with Gasteiger partial charge in [0.1, 0.15) is 0 Å². The number of hydrogen-bond donors (Lipinski definition) is 1. The number of rotatable bonds is 2. The Hall–Kier alpha value is -0.860. The van der Waals surface area contributed by atoms with E-state index in [1.165, 1.54) is 44.2 Å². The number of carbonyl (C=O) groups is 1. The highest BCUT2D eigenvalue weighted by Crippen LogP contribution is 2.55. The van der Waals surface area contributed by atoms with Gasteiger partial charge in [0.15, 0.2) is 0 Å². The maximum absolute atomic E-state index is 11.9. The van der Waals surface area contributed by atoms with Crippen LogP contribution in [0.1, 0.15) is 51.4 Å². The summed E-state index contributed by atoms with van der Waals surface area (Å²) >= 11 is 0. The van der Waals surface area contributed by atoms with Gasteiger partial charge in [0.25, 0.3) is 0 Å². The largest absolute Gasteiger partial charge is 0.273 e. The first kappa shape index (κ1) is 10.3. The van der Waals surface area contributed by atoms with Crippen molar-refractivity contribution < 1.29 is 4.79 Å². The molecule has 0 heterocycles. The summed E-state index contributed by atoms with van der Waals surface area (Å²) in [6.45, 7) is 0. The summed E-state index contributed by atoms with van der Waals surface area (Å²) in [6.07, 6.45) is 9.81. The second-order valence-corrected chi connectivity index (χ2v) is 5.50. The van der Waals surface area contributed by atoms with Crippen molar-refractivity contribution in [2.45, 2.75) is 51.4 Å². The number of amides is 1. The minimum atomic E-state index is 0.191. The van der Waals surface area contributed by atoms with Crippen LogP contribution in [0.25, 0.3) is 0 Å². The van der Waals surface area contributed by atoms with Gasteiger partial charge in [-0.1, -0.05) is 12.8 Å². The fourth-order valence-corrected chi connectivity index (χ4v) is 3.48. The quantitative estimate of drug-likeness (QED) is 0.714. The molecule has 3 heteroatoms. The van der Waals surface area contributed by atoms with Crippen LogP contribution >= 0.6 is 0 Å². The molecule has 3 rings (SSSR count). The van der Waals surface area contributed by atoms with Gasteiger partial charge in [0.05, 0.1) is 0 Å². The van der Waals surface area contributed by atoms with E-state index in [4.69, 9.17) is 0 Å². The van der Waals surface area contributed by atoms with Crippen molar-refractivity contribution >= 4 is 11.6 Å². The fourth-order valence-electron chi connectivity index (χ4n) is 3.48. The Labute approximate surface area is 96.7 Å². The molecule has 0 aromatic heterocycles. The lowest BCUT2D eigenvalue weighted by Gasteiger charge is -2.04. The molecule has 3 saturated carbocycles. The SMILES string of the molecule is O=C(NN=C1CCCC1)C1C2CCCCC21. The van der Waals surface area contributed by atoms with Gasteiger partial charge in [-0.15, -0.1) is 0 Å². The topological polar surface area (TPSA) is 41.5 Å². The lowest BCUT2D eigenvalue weighted by atomic mass is 10.0. The molecule has 88 valence electrons. The minimum Gasteiger partial charge on any atom is -0.273 e. The highest BCUT2D eigenvalue weighted by atomic mass is 16.2. The van der Waals surface area contributed by atoms with Gasteiger partial charge in [-0.2, -0.15) is 5.10 Å². The van der Waals surface area contributed by atoms with Crippen molar-refractivity contribution in [3.05, 3.63) is 0 Å². The zero-order valence-electron chi connectivity index (χ0n) is 9.74. The van der Waals surface area contributed by atoms with Crippen molar-refractivity contribution in [2.75, 3.05) is 0 Å². The summed E-state index contributed by atoms with van der Waals surface area (Å²) in [4.78, 5) is 11.9. The predicted molar refractivity (Wildman–Crippen MR) is 63.0 cm³/mol. The van der Waals surface area contributed by atoms with E-state index in [2.05, 4.69) is 10.5 Å². The Morgan fingerprint density at radius 2 is 1.69 bits per heavy atom. The Kier molecular flexibility index (Phi) is 2.70. The molecule has 0 aromatic rings. The van der Waals surface area contributed by atoms with Crippen LogP contribution in [0, 0.1) is 17.8 Å². The van der Waals surface area contributed by atoms with Crippen LogP contribution in [0.2, 0.25) is 0 Å². The normalized spacial score (nSPS) is 36.8. The number of hydrazone groups is 1. The third-order valence-corrected chi connectivity index (χ3v) is 4.46. The van der Waals surface area contributed by atoms with E-state index < -0.39 is 0 Å². The van der Waals surface area contributed by atoms with E-state index in [9.17, 15) is 4.79 Å². The molecule has 3 fully saturated rings. The highest BCUT2D eigenvalue weighted by Gasteiger charge is 2.54. The Morgan fingerprint density at radius 1 is 1.06 bits per heavy atom. The Morgan fingerprint density at radius 3 is 2.31 bits per heavy atom. The molecule has 3 aliphatic carbocycles. The lowest BCUT2D eigenvalue weighted by Crippen LogP contribution is -2.22. The van der Waals surface area contributed by atoms with Gasteiger partial charge < -0.3 is 0 Å². The van der Waals surface area contributed by atoms with Gasteiger partial charge in [-0.3, -0.25) is 4.79 Å². The van der Waals surface area contributed by atoms with Crippen molar-refractivity contribution in [3.8, 4) is 0 Å². The van der Waals surface area contributed by atoms with Crippen LogP contribution in [0.5, 0.6) is 0 Å². The highest BCUT2D eigenvalue weighted by molar-refractivity contribution is 5.88. The smallest absolute Gasteiger partial charge is 0.243 e. The Balaban J connectivity index is 1.52. The van der Waals surface area contributed by atoms with E-state index in [1.807, 2.05) is 0 Å². The average Bonchev–Trinajstić information content (AvgIpc) is 2.80. The van der Waals surface area contributed by atoms with Crippen LogP contribution in [-0.4, -0.2) is 11.6 Å². The van der Waals surface area contributed by atoms with Gasteiger partial charge >= 0.3 is 0 Å². The second-order valence-electron chi connectivity index (χ2n) is 5.50. The summed E-state index contributed by atoms with van der Waals surface area (Å²) in [5, 5.41) is 4.26. The Bertz CT molecular complexity index is 304. The maximum atomic E-state index is 11.9. The second kappa shape index (κ2) is 4.19. The zero-order chi connectivity index (χ0) is 11.0. The van der Waals surface area contributed by atoms with Crippen molar-refractivity contribution in [1.82, 2.24) is 5.43 Å². The molecule has 0 aliphatic heterocycles. The molecule has 3 nitrogen and oxygen atoms in total. The molecule has 3 aliphatic rings. The first-order chi connectivity index (χ1) is 7.86. The zero-order valence-corrected chi connectivity index (χ0v) is 9.74. The van der Waals surface area contributed by atoms with Gasteiger partial charge in [0, 0.05) is 11.6 Å². The third kappa shape index (κ3) is 1.87. The summed E-state index contributed by atoms with van der Waals surface area (Å²) in [5.74, 6) is 1.87. The molecule has 1 amide bonds. The molecule has 0 spiro atoms. The molecule has 1 N–H and O–H groups in total. The summed E-state index contributed by atoms with van der Waals surface area (Å²) in [7, 11) is 0. The van der Waals surface area contributed by atoms with E-state index in [0.717, 1.165) is 12.8 Å². The van der Waals surface area contributed by atoms with E-state index in [-0.39, 0.29) is 5.91 Å². The van der Waals surface area contributed by atoms with E-state index >= 15 is 0 Å². The molecule has 16 heavy (non-hydrogen) atoms. The van der Waals surface area contributed by atoms with E-state index in [1.54, 1.807) is 0 Å². The summed E-state index contributed by atoms with van der Waals surface area (Å²) < 4.78 is 0. The molecule has 0 bridgehead atoms. The average molecular weight is 220 g/mol. The van der Waals surface area contributed by atoms with Crippen molar-refractivity contribution in [2.24, 2.45) is 22.9 Å². The molecular weight excluding hydrogens is 200 g/mol. The maximum Gasteiger partial charge on any atom is 0.243 e. The van der Waals surface area contributed by atoms with Gasteiger partial charge in [-0.05, 0) is 50.4 Å². The number of carbonyl (C=O) groups excluding carboxylic acids is 1. The number of nitrogens with one attached hydrogen (secondary N) is 1. The van der Waals surface area contributed by atoms with Crippen LogP contribution in [0.15, 0.2) is 5.10 Å². The number of fused-ring (bicyclic) bond motifs is 1. The van der Waals surface area contributed by atoms with E-state index in [0.29, 0.717) is 17.8 Å². The molecule has 0 saturated heterocycles. The first-order valence-corrected chi connectivity index (χ1v) is 6.71. The minimum absolute atomic E-state index is 0.191. The van der Waals surface area contributed by atoms with Crippen molar-refractivity contribution in [3.63, 3.8) is 0 Å². The number of nitrogens with zero attached hydrogens (tertiary/aromatic N) is 1. The first-order valence-electron chi connectivity index (χ1n) is 6.71. The molecular formula is C13H20N2O. The van der Waals surface area contributed by atoms with Crippen LogP contribution in [0.3, 0.4) is 0 Å². The lowest BCUT2D eigenvalue weighted by molar-refractivity contribution is -0.122. The standard InChI is InChI=1S/C13H20N2O/c16-13(15-14-9-5-1-2-6-9)12-10-7-3-4-8-11(10)12/h10-12H,1-8H2,(H,15,16). The van der Waals surface area contributed by atoms with Gasteiger partial charge in [-0.25, -0.2) is 5.43 Å². The van der Waals surface area contributed by atoms with Gasteiger partial charge in [0.2, 0.25) is 5.91 Å². The molecule has 2 atom stereocenters. The van der Waals surface area contributed by atoms with Crippen molar-refractivity contribution in [1.29, 1.82) is 0 Å². The van der Waals surface area contributed by atoms with Crippen LogP contribution < -0.4 is 5.43 Å². The third-order valence-electron chi connectivity index (χ3n) is 4.46. The summed E-state index contributed by atoms with van der Waals surface area (Å²) in [6, 6.07) is 0.